The molecule has 0 saturated carbocycles. The molecular formula is C19H24N2O3. The lowest BCUT2D eigenvalue weighted by molar-refractivity contribution is 0.0651. The molecule has 0 atom stereocenters. The van der Waals surface area contributed by atoms with E-state index in [0.717, 1.165) is 25.0 Å². The van der Waals surface area contributed by atoms with E-state index in [9.17, 15) is 9.59 Å². The number of rotatable bonds is 5. The van der Waals surface area contributed by atoms with E-state index in [1.54, 1.807) is 24.3 Å². The van der Waals surface area contributed by atoms with Gasteiger partial charge in [-0.3, -0.25) is 24.8 Å². The van der Waals surface area contributed by atoms with Crippen LogP contribution in [0.15, 0.2) is 35.5 Å². The summed E-state index contributed by atoms with van der Waals surface area (Å²) in [6.45, 7) is 7.62. The number of hydroxylamine groups is 1. The first-order valence-corrected chi connectivity index (χ1v) is 8.45. The third-order valence-electron chi connectivity index (χ3n) is 4.62. The van der Waals surface area contributed by atoms with Crippen molar-refractivity contribution in [1.29, 1.82) is 0 Å². The maximum Gasteiger partial charge on any atom is 0.261 e. The van der Waals surface area contributed by atoms with Crippen molar-refractivity contribution in [2.75, 3.05) is 13.2 Å². The number of nitrogens with zero attached hydrogens (tertiary/aromatic N) is 1. The Kier molecular flexibility index (Phi) is 4.45. The fourth-order valence-electron chi connectivity index (χ4n) is 3.23. The number of carbonyl (C=O) groups is 2. The highest BCUT2D eigenvalue weighted by molar-refractivity contribution is 6.21. The Morgan fingerprint density at radius 2 is 1.71 bits per heavy atom. The van der Waals surface area contributed by atoms with Gasteiger partial charge in [-0.15, -0.1) is 0 Å². The van der Waals surface area contributed by atoms with Gasteiger partial charge in [-0.05, 0) is 42.4 Å². The van der Waals surface area contributed by atoms with Gasteiger partial charge in [0.2, 0.25) is 0 Å². The van der Waals surface area contributed by atoms with E-state index in [4.69, 9.17) is 4.84 Å². The minimum Gasteiger partial charge on any atom is -0.274 e. The molecule has 2 amide bonds. The number of carbonyl (C=O) groups excluding carboxylic acids is 2. The molecule has 0 radical (unpaired) electrons. The number of amides is 2. The lowest BCUT2D eigenvalue weighted by Gasteiger charge is -2.20. The Morgan fingerprint density at radius 1 is 1.08 bits per heavy atom. The summed E-state index contributed by atoms with van der Waals surface area (Å²) >= 11 is 0. The maximum absolute atomic E-state index is 12.3. The van der Waals surface area contributed by atoms with Gasteiger partial charge in [0.1, 0.15) is 0 Å². The molecule has 5 heteroatoms. The van der Waals surface area contributed by atoms with E-state index in [1.807, 2.05) is 0 Å². The Hall–Kier alpha value is -2.14. The Balaban J connectivity index is 1.55. The smallest absolute Gasteiger partial charge is 0.261 e. The second-order valence-electron chi connectivity index (χ2n) is 7.36. The minimum atomic E-state index is -0.174. The molecule has 0 aromatic heterocycles. The van der Waals surface area contributed by atoms with Gasteiger partial charge in [-0.2, -0.15) is 0 Å². The van der Waals surface area contributed by atoms with Crippen LogP contribution >= 0.6 is 0 Å². The quantitative estimate of drug-likeness (QED) is 0.665. The largest absolute Gasteiger partial charge is 0.274 e. The first-order chi connectivity index (χ1) is 11.4. The van der Waals surface area contributed by atoms with Crippen molar-refractivity contribution in [3.05, 3.63) is 46.7 Å². The lowest BCUT2D eigenvalue weighted by Crippen LogP contribution is -2.30. The number of nitrogens with one attached hydrogen (secondary N) is 1. The molecule has 0 spiro atoms. The first kappa shape index (κ1) is 16.7. The van der Waals surface area contributed by atoms with Gasteiger partial charge < -0.3 is 0 Å². The summed E-state index contributed by atoms with van der Waals surface area (Å²) in [5, 5.41) is 0. The van der Waals surface area contributed by atoms with E-state index < -0.39 is 0 Å². The van der Waals surface area contributed by atoms with Crippen molar-refractivity contribution >= 4 is 11.8 Å². The van der Waals surface area contributed by atoms with Crippen molar-refractivity contribution in [3.8, 4) is 0 Å². The molecule has 3 rings (SSSR count). The number of hydrogen-bond acceptors (Lipinski definition) is 4. The number of benzene rings is 1. The molecular weight excluding hydrogens is 304 g/mol. The van der Waals surface area contributed by atoms with Crippen LogP contribution in [0.1, 0.15) is 60.7 Å². The van der Waals surface area contributed by atoms with E-state index in [1.165, 1.54) is 10.5 Å². The van der Waals surface area contributed by atoms with Crippen LogP contribution in [0.4, 0.5) is 0 Å². The van der Waals surface area contributed by atoms with Crippen molar-refractivity contribution in [2.45, 2.75) is 40.0 Å². The molecule has 0 bridgehead atoms. The maximum atomic E-state index is 12.3. The van der Waals surface area contributed by atoms with Crippen LogP contribution in [-0.4, -0.2) is 29.9 Å². The molecule has 0 saturated heterocycles. The standard InChI is InChI=1S/C19H24N2O3/c1-19(2,3)15-12-24-20-16(15)10-6-7-11-21-17(22)13-8-4-5-9-14(13)18(21)23/h4-5,8-9,20H,6-7,10-12H2,1-3H3. The van der Waals surface area contributed by atoms with Crippen LogP contribution in [-0.2, 0) is 4.84 Å². The summed E-state index contributed by atoms with van der Waals surface area (Å²) in [4.78, 5) is 31.3. The Bertz CT molecular complexity index is 666. The SMILES string of the molecule is CC(C)(C)C1=C(CCCCN2C(=O)c3ccccc3C2=O)NOC1. The normalized spacial score (nSPS) is 17.5. The number of hydrogen-bond donors (Lipinski definition) is 1. The number of allylic oxidation sites excluding steroid dienone is 1. The van der Waals surface area contributed by atoms with Crippen LogP contribution in [0, 0.1) is 5.41 Å². The molecule has 1 N–H and O–H groups in total. The summed E-state index contributed by atoms with van der Waals surface area (Å²) in [5.41, 5.74) is 6.57. The van der Waals surface area contributed by atoms with Gasteiger partial charge in [0.25, 0.3) is 11.8 Å². The Labute approximate surface area is 142 Å². The molecule has 24 heavy (non-hydrogen) atoms. The highest BCUT2D eigenvalue weighted by Crippen LogP contribution is 2.32. The average molecular weight is 328 g/mol. The summed E-state index contributed by atoms with van der Waals surface area (Å²) < 4.78 is 0. The minimum absolute atomic E-state index is 0.0847. The second kappa shape index (κ2) is 6.40. The molecule has 2 aliphatic rings. The summed E-state index contributed by atoms with van der Waals surface area (Å²) in [7, 11) is 0. The molecule has 2 aliphatic heterocycles. The van der Waals surface area contributed by atoms with Crippen LogP contribution < -0.4 is 5.48 Å². The van der Waals surface area contributed by atoms with Crippen LogP contribution in [0.25, 0.3) is 0 Å². The van der Waals surface area contributed by atoms with Crippen molar-refractivity contribution in [2.24, 2.45) is 5.41 Å². The molecule has 0 unspecified atom stereocenters. The molecule has 0 fully saturated rings. The topological polar surface area (TPSA) is 58.6 Å². The van der Waals surface area contributed by atoms with Gasteiger partial charge in [0.05, 0.1) is 17.7 Å². The van der Waals surface area contributed by atoms with E-state index in [0.29, 0.717) is 24.3 Å². The molecule has 128 valence electrons. The zero-order valence-corrected chi connectivity index (χ0v) is 14.5. The molecule has 0 aliphatic carbocycles. The van der Waals surface area contributed by atoms with Gasteiger partial charge in [-0.25, -0.2) is 0 Å². The molecule has 5 nitrogen and oxygen atoms in total. The predicted molar refractivity (Wildman–Crippen MR) is 91.2 cm³/mol. The Morgan fingerprint density at radius 3 is 2.29 bits per heavy atom. The van der Waals surface area contributed by atoms with Crippen LogP contribution in [0.2, 0.25) is 0 Å². The van der Waals surface area contributed by atoms with Crippen molar-refractivity contribution in [1.82, 2.24) is 10.4 Å². The zero-order chi connectivity index (χ0) is 17.3. The highest BCUT2D eigenvalue weighted by atomic mass is 16.6. The van der Waals surface area contributed by atoms with Gasteiger partial charge in [-0.1, -0.05) is 32.9 Å². The van der Waals surface area contributed by atoms with E-state index in [2.05, 4.69) is 26.3 Å². The van der Waals surface area contributed by atoms with Gasteiger partial charge in [0.15, 0.2) is 0 Å². The first-order valence-electron chi connectivity index (χ1n) is 8.45. The third kappa shape index (κ3) is 3.08. The van der Waals surface area contributed by atoms with Crippen LogP contribution in [0.3, 0.4) is 0 Å². The number of unbranched alkanes of at least 4 members (excludes halogenated alkanes) is 1. The molecule has 1 aromatic carbocycles. The summed E-state index contributed by atoms with van der Waals surface area (Å²) in [5.74, 6) is -0.347. The average Bonchev–Trinajstić information content (AvgIpc) is 3.10. The highest BCUT2D eigenvalue weighted by Gasteiger charge is 2.34. The van der Waals surface area contributed by atoms with E-state index >= 15 is 0 Å². The lowest BCUT2D eigenvalue weighted by atomic mass is 9.85. The van der Waals surface area contributed by atoms with Gasteiger partial charge >= 0.3 is 0 Å². The van der Waals surface area contributed by atoms with Crippen LogP contribution in [0.5, 0.6) is 0 Å². The van der Waals surface area contributed by atoms with Crippen molar-refractivity contribution in [3.63, 3.8) is 0 Å². The summed E-state index contributed by atoms with van der Waals surface area (Å²) in [6, 6.07) is 7.02. The third-order valence-corrected chi connectivity index (χ3v) is 4.62. The monoisotopic (exact) mass is 328 g/mol. The second-order valence-corrected chi connectivity index (χ2v) is 7.36. The zero-order valence-electron chi connectivity index (χ0n) is 14.5. The molecule has 1 aromatic rings. The number of fused-ring (bicyclic) bond motifs is 1. The fourth-order valence-corrected chi connectivity index (χ4v) is 3.23. The summed E-state index contributed by atoms with van der Waals surface area (Å²) in [6.07, 6.45) is 2.56. The fraction of sp³-hybridized carbons (Fsp3) is 0.474. The number of imide groups is 1. The molecule has 2 heterocycles. The van der Waals surface area contributed by atoms with Gasteiger partial charge in [0, 0.05) is 12.2 Å². The van der Waals surface area contributed by atoms with E-state index in [-0.39, 0.29) is 17.2 Å². The van der Waals surface area contributed by atoms with Crippen molar-refractivity contribution < 1.29 is 14.4 Å². The predicted octanol–water partition coefficient (Wildman–Crippen LogP) is 3.29.